The zero-order valence-corrected chi connectivity index (χ0v) is 18.7. The Labute approximate surface area is 192 Å². The Kier molecular flexibility index (Phi) is 5.50. The van der Waals surface area contributed by atoms with Gasteiger partial charge in [0.05, 0.1) is 11.5 Å². The number of benzene rings is 2. The van der Waals surface area contributed by atoms with E-state index in [9.17, 15) is 18.3 Å². The number of nitrogens with zero attached hydrogens (tertiary/aromatic N) is 2. The third-order valence-corrected chi connectivity index (χ3v) is 8.56. The van der Waals surface area contributed by atoms with E-state index in [1.807, 2.05) is 6.08 Å². The van der Waals surface area contributed by atoms with Gasteiger partial charge in [0.15, 0.2) is 5.54 Å². The van der Waals surface area contributed by atoms with Gasteiger partial charge >= 0.3 is 5.97 Å². The number of hydrogen-bond acceptors (Lipinski definition) is 5. The van der Waals surface area contributed by atoms with Crippen molar-refractivity contribution in [2.24, 2.45) is 5.92 Å². The highest BCUT2D eigenvalue weighted by molar-refractivity contribution is 7.89. The number of carboxylic acid groups (broad SMARTS) is 1. The molecule has 2 aromatic rings. The molecular weight excluding hydrogens is 447 g/mol. The van der Waals surface area contributed by atoms with Gasteiger partial charge in [0, 0.05) is 23.9 Å². The van der Waals surface area contributed by atoms with Crippen molar-refractivity contribution in [3.8, 4) is 5.75 Å². The first-order valence-electron chi connectivity index (χ1n) is 11.0. The van der Waals surface area contributed by atoms with Crippen LogP contribution in [0.15, 0.2) is 59.5 Å². The molecule has 1 N–H and O–H groups in total. The van der Waals surface area contributed by atoms with Crippen LogP contribution in [0, 0.1) is 5.92 Å². The Morgan fingerprint density at radius 1 is 1.18 bits per heavy atom. The molecule has 1 unspecified atom stereocenters. The second-order valence-electron chi connectivity index (χ2n) is 8.73. The van der Waals surface area contributed by atoms with E-state index in [2.05, 4.69) is 4.90 Å². The van der Waals surface area contributed by atoms with E-state index in [1.54, 1.807) is 42.5 Å². The van der Waals surface area contributed by atoms with Crippen LogP contribution in [0.25, 0.3) is 6.08 Å². The SMILES string of the molecule is O=C(O)C1(N(F)S(=O)(=O)c2ccccc2/C=C\CN2CCCC2)[C@@H]2COc3ccccc3[C@H]21. The fourth-order valence-electron chi connectivity index (χ4n) is 5.21. The number of rotatable bonds is 7. The van der Waals surface area contributed by atoms with Crippen LogP contribution >= 0.6 is 0 Å². The van der Waals surface area contributed by atoms with Crippen LogP contribution in [-0.2, 0) is 14.8 Å². The van der Waals surface area contributed by atoms with Gasteiger partial charge in [0.1, 0.15) is 5.75 Å². The summed E-state index contributed by atoms with van der Waals surface area (Å²) in [5, 5.41) is 10.1. The van der Waals surface area contributed by atoms with Crippen LogP contribution in [0.3, 0.4) is 0 Å². The fraction of sp³-hybridized carbons (Fsp3) is 0.375. The topological polar surface area (TPSA) is 87.2 Å². The average molecular weight is 473 g/mol. The molecule has 9 heteroatoms. The zero-order chi connectivity index (χ0) is 23.2. The number of ether oxygens (including phenoxy) is 1. The molecular formula is C24H25FN2O5S. The number of sulfonamides is 1. The van der Waals surface area contributed by atoms with E-state index in [1.165, 1.54) is 12.1 Å². The van der Waals surface area contributed by atoms with Gasteiger partial charge in [-0.2, -0.15) is 0 Å². The van der Waals surface area contributed by atoms with Gasteiger partial charge < -0.3 is 9.84 Å². The number of halogens is 1. The number of hydrogen-bond donors (Lipinski definition) is 1. The minimum absolute atomic E-state index is 0.0682. The first-order valence-corrected chi connectivity index (χ1v) is 12.5. The van der Waals surface area contributed by atoms with Crippen molar-refractivity contribution in [2.45, 2.75) is 29.2 Å². The van der Waals surface area contributed by atoms with Crippen LogP contribution < -0.4 is 4.74 Å². The van der Waals surface area contributed by atoms with E-state index in [0.717, 1.165) is 25.9 Å². The molecule has 0 radical (unpaired) electrons. The Hall–Kier alpha value is -2.75. The van der Waals surface area contributed by atoms with Gasteiger partial charge in [-0.1, -0.05) is 48.6 Å². The van der Waals surface area contributed by atoms with Gasteiger partial charge in [0.25, 0.3) is 10.0 Å². The highest BCUT2D eigenvalue weighted by Crippen LogP contribution is 2.66. The summed E-state index contributed by atoms with van der Waals surface area (Å²) in [6.45, 7) is 2.60. The third-order valence-electron chi connectivity index (χ3n) is 6.91. The highest BCUT2D eigenvalue weighted by Gasteiger charge is 2.79. The van der Waals surface area contributed by atoms with Crippen molar-refractivity contribution in [1.82, 2.24) is 9.43 Å². The first-order chi connectivity index (χ1) is 15.9. The van der Waals surface area contributed by atoms with Crippen LogP contribution in [0.1, 0.15) is 29.9 Å². The molecule has 0 spiro atoms. The Morgan fingerprint density at radius 3 is 2.64 bits per heavy atom. The van der Waals surface area contributed by atoms with Crippen LogP contribution in [-0.4, -0.2) is 60.7 Å². The molecule has 2 fully saturated rings. The monoisotopic (exact) mass is 472 g/mol. The summed E-state index contributed by atoms with van der Waals surface area (Å²) in [6, 6.07) is 12.8. The van der Waals surface area contributed by atoms with E-state index in [-0.39, 0.29) is 11.5 Å². The lowest BCUT2D eigenvalue weighted by Gasteiger charge is -2.22. The smallest absolute Gasteiger partial charge is 0.329 e. The lowest BCUT2D eigenvalue weighted by Crippen LogP contribution is -2.45. The normalized spacial score (nSPS) is 26.7. The Morgan fingerprint density at radius 2 is 1.88 bits per heavy atom. The maximum atomic E-state index is 15.9. The molecule has 3 aliphatic rings. The number of para-hydroxylation sites is 1. The summed E-state index contributed by atoms with van der Waals surface area (Å²) in [7, 11) is -4.75. The van der Waals surface area contributed by atoms with Gasteiger partial charge in [-0.25, -0.2) is 8.42 Å². The lowest BCUT2D eigenvalue weighted by molar-refractivity contribution is -0.149. The zero-order valence-electron chi connectivity index (χ0n) is 17.9. The summed E-state index contributed by atoms with van der Waals surface area (Å²) < 4.78 is 47.9. The second-order valence-corrected chi connectivity index (χ2v) is 10.4. The van der Waals surface area contributed by atoms with Crippen molar-refractivity contribution in [1.29, 1.82) is 0 Å². The molecule has 2 aromatic carbocycles. The number of carbonyl (C=O) groups is 1. The summed E-state index contributed by atoms with van der Waals surface area (Å²) in [5.41, 5.74) is -1.41. The van der Waals surface area contributed by atoms with Crippen LogP contribution in [0.4, 0.5) is 4.48 Å². The fourth-order valence-corrected chi connectivity index (χ4v) is 6.79. The van der Waals surface area contributed by atoms with Gasteiger partial charge in [0.2, 0.25) is 0 Å². The molecule has 1 aliphatic carbocycles. The van der Waals surface area contributed by atoms with Gasteiger partial charge in [-0.3, -0.25) is 9.69 Å². The molecule has 33 heavy (non-hydrogen) atoms. The molecule has 3 atom stereocenters. The van der Waals surface area contributed by atoms with Crippen molar-refractivity contribution >= 4 is 22.1 Å². The maximum Gasteiger partial charge on any atom is 0.329 e. The highest BCUT2D eigenvalue weighted by atomic mass is 32.2. The third kappa shape index (κ3) is 3.46. The van der Waals surface area contributed by atoms with Crippen molar-refractivity contribution < 1.29 is 27.5 Å². The van der Waals surface area contributed by atoms with Crippen molar-refractivity contribution in [2.75, 3.05) is 26.2 Å². The molecule has 1 saturated carbocycles. The van der Waals surface area contributed by atoms with E-state index in [0.29, 0.717) is 23.4 Å². The maximum absolute atomic E-state index is 15.9. The lowest BCUT2D eigenvalue weighted by atomic mass is 10.0. The van der Waals surface area contributed by atoms with E-state index >= 15 is 4.48 Å². The summed E-state index contributed by atoms with van der Waals surface area (Å²) in [6.07, 6.45) is 5.80. The minimum atomic E-state index is -4.75. The first kappa shape index (κ1) is 22.1. The predicted molar refractivity (Wildman–Crippen MR) is 120 cm³/mol. The molecule has 7 nitrogen and oxygen atoms in total. The second kappa shape index (κ2) is 8.23. The van der Waals surface area contributed by atoms with Gasteiger partial charge in [-0.05, 0) is 48.2 Å². The average Bonchev–Trinajstić information content (AvgIpc) is 3.24. The quantitative estimate of drug-likeness (QED) is 0.623. The molecule has 0 aromatic heterocycles. The minimum Gasteiger partial charge on any atom is -0.493 e. The van der Waals surface area contributed by atoms with Gasteiger partial charge in [-0.15, -0.1) is 4.48 Å². The Balaban J connectivity index is 1.48. The molecule has 2 aliphatic heterocycles. The standard InChI is InChI=1S/C24H25FN2O5S/c25-27(24(23(28)29)19-16-32-20-11-3-2-10-18(20)22(19)24)33(30,31)21-12-4-1-8-17(21)9-7-15-26-13-5-6-14-26/h1-4,7-12,19,22H,5-6,13-16H2,(H,28,29)/b9-7-/t19-,22-,24?/m1/s1. The number of aliphatic carboxylic acids is 1. The largest absolute Gasteiger partial charge is 0.493 e. The number of likely N-dealkylation sites (tertiary alicyclic amines) is 1. The van der Waals surface area contributed by atoms with Crippen molar-refractivity contribution in [3.05, 3.63) is 65.7 Å². The molecule has 174 valence electrons. The predicted octanol–water partition coefficient (Wildman–Crippen LogP) is 3.30. The van der Waals surface area contributed by atoms with Crippen molar-refractivity contribution in [3.63, 3.8) is 0 Å². The summed E-state index contributed by atoms with van der Waals surface area (Å²) >= 11 is 0. The molecule has 0 amide bonds. The molecule has 5 rings (SSSR count). The van der Waals surface area contributed by atoms with Crippen LogP contribution in [0.5, 0.6) is 5.75 Å². The molecule has 1 saturated heterocycles. The van der Waals surface area contributed by atoms with Crippen LogP contribution in [0.2, 0.25) is 0 Å². The Bertz CT molecular complexity index is 1210. The number of fused-ring (bicyclic) bond motifs is 3. The summed E-state index contributed by atoms with van der Waals surface area (Å²) in [5.74, 6) is -2.70. The van der Waals surface area contributed by atoms with E-state index < -0.39 is 37.9 Å². The molecule has 2 heterocycles. The summed E-state index contributed by atoms with van der Waals surface area (Å²) in [4.78, 5) is 14.4. The van der Waals surface area contributed by atoms with E-state index in [4.69, 9.17) is 4.74 Å². The number of carboxylic acids is 1. The molecule has 0 bridgehead atoms.